The van der Waals surface area contributed by atoms with E-state index in [1.807, 2.05) is 0 Å². The van der Waals surface area contributed by atoms with Gasteiger partial charge in [-0.1, -0.05) is 6.58 Å². The van der Waals surface area contributed by atoms with Crippen LogP contribution in [0.3, 0.4) is 0 Å². The molecule has 0 heterocycles. The third kappa shape index (κ3) is 4.46. The molecule has 0 aliphatic carbocycles. The van der Waals surface area contributed by atoms with Gasteiger partial charge in [0.05, 0.1) is 4.90 Å². The monoisotopic (exact) mass is 252 g/mol. The van der Waals surface area contributed by atoms with Gasteiger partial charge in [-0.2, -0.15) is 8.42 Å². The summed E-state index contributed by atoms with van der Waals surface area (Å²) in [6, 6.07) is 4.76. The summed E-state index contributed by atoms with van der Waals surface area (Å²) < 4.78 is 34.7. The molecule has 0 fully saturated rings. The van der Waals surface area contributed by atoms with Gasteiger partial charge in [0.25, 0.3) is 10.1 Å². The summed E-state index contributed by atoms with van der Waals surface area (Å²) in [5, 5.41) is 0. The van der Waals surface area contributed by atoms with Crippen molar-refractivity contribution >= 4 is 16.1 Å². The van der Waals surface area contributed by atoms with Crippen molar-refractivity contribution in [2.45, 2.75) is 4.90 Å². The van der Waals surface area contributed by atoms with Gasteiger partial charge in [-0.05, 0) is 24.3 Å². The molecule has 16 heavy (non-hydrogen) atoms. The van der Waals surface area contributed by atoms with E-state index in [4.69, 9.17) is 9.29 Å². The molecule has 1 rings (SSSR count). The maximum absolute atomic E-state index is 10.8. The largest absolute Gasteiger partial charge is 1.00 e. The third-order valence-electron chi connectivity index (χ3n) is 1.51. The zero-order valence-corrected chi connectivity index (χ0v) is 11.4. The van der Waals surface area contributed by atoms with E-state index in [0.717, 1.165) is 18.2 Å². The standard InChI is InChI=1S/C9H8O5S.Na.H/c1-2-9(10)14-7-3-5-8(6-4-7)15(11,12)13;;/h2-6H,1H2,(H,11,12,13);;/q;+1;-1. The average Bonchev–Trinajstić information content (AvgIpc) is 2.17. The van der Waals surface area contributed by atoms with Gasteiger partial charge in [-0.25, -0.2) is 4.79 Å². The van der Waals surface area contributed by atoms with Crippen LogP contribution >= 0.6 is 0 Å². The Morgan fingerprint density at radius 2 is 1.88 bits per heavy atom. The molecular formula is C9H9NaO5S. The molecule has 1 aromatic carbocycles. The van der Waals surface area contributed by atoms with Crippen molar-refractivity contribution in [3.8, 4) is 5.75 Å². The molecule has 0 amide bonds. The Bertz CT molecular complexity index is 483. The second-order valence-corrected chi connectivity index (χ2v) is 3.99. The van der Waals surface area contributed by atoms with E-state index in [2.05, 4.69) is 6.58 Å². The van der Waals surface area contributed by atoms with E-state index in [0.29, 0.717) is 0 Å². The van der Waals surface area contributed by atoms with Gasteiger partial charge in [-0.15, -0.1) is 0 Å². The molecule has 0 saturated heterocycles. The van der Waals surface area contributed by atoms with Crippen LogP contribution in [0.4, 0.5) is 0 Å². The van der Waals surface area contributed by atoms with Crippen molar-refractivity contribution < 1.29 is 53.5 Å². The molecule has 0 aliphatic heterocycles. The Labute approximate surface area is 117 Å². The molecule has 7 heteroatoms. The van der Waals surface area contributed by atoms with Gasteiger partial charge < -0.3 is 6.16 Å². The first-order chi connectivity index (χ1) is 6.93. The molecule has 0 atom stereocenters. The summed E-state index contributed by atoms with van der Waals surface area (Å²) in [5.41, 5.74) is 0. The van der Waals surface area contributed by atoms with Gasteiger partial charge in [0.15, 0.2) is 0 Å². The number of hydrogen-bond acceptors (Lipinski definition) is 4. The number of ether oxygens (including phenoxy) is 1. The van der Waals surface area contributed by atoms with Gasteiger partial charge in [-0.3, -0.25) is 4.55 Å². The number of rotatable bonds is 3. The van der Waals surface area contributed by atoms with Crippen molar-refractivity contribution in [3.05, 3.63) is 36.9 Å². The Morgan fingerprint density at radius 1 is 1.38 bits per heavy atom. The number of carbonyl (C=O) groups is 1. The van der Waals surface area contributed by atoms with Gasteiger partial charge in [0, 0.05) is 6.08 Å². The maximum Gasteiger partial charge on any atom is 1.00 e. The topological polar surface area (TPSA) is 80.7 Å². The summed E-state index contributed by atoms with van der Waals surface area (Å²) >= 11 is 0. The van der Waals surface area contributed by atoms with Crippen LogP contribution < -0.4 is 34.3 Å². The molecular weight excluding hydrogens is 243 g/mol. The van der Waals surface area contributed by atoms with E-state index in [-0.39, 0.29) is 41.6 Å². The van der Waals surface area contributed by atoms with Gasteiger partial charge in [0.2, 0.25) is 0 Å². The van der Waals surface area contributed by atoms with Crippen LogP contribution in [0, 0.1) is 0 Å². The minimum absolute atomic E-state index is 0. The Balaban J connectivity index is 0. The molecule has 0 spiro atoms. The Kier molecular flexibility index (Phi) is 5.91. The quantitative estimate of drug-likeness (QED) is 0.224. The first kappa shape index (κ1) is 15.3. The van der Waals surface area contributed by atoms with Crippen LogP contribution in [-0.4, -0.2) is 18.9 Å². The predicted molar refractivity (Wildman–Crippen MR) is 53.2 cm³/mol. The number of esters is 1. The van der Waals surface area contributed by atoms with Crippen LogP contribution in [0.5, 0.6) is 5.75 Å². The molecule has 1 N–H and O–H groups in total. The molecule has 0 bridgehead atoms. The van der Waals surface area contributed by atoms with Crippen molar-refractivity contribution in [1.82, 2.24) is 0 Å². The van der Waals surface area contributed by atoms with Crippen LogP contribution in [0.15, 0.2) is 41.8 Å². The van der Waals surface area contributed by atoms with Gasteiger partial charge >= 0.3 is 35.5 Å². The zero-order valence-electron chi connectivity index (χ0n) is 9.58. The van der Waals surface area contributed by atoms with Crippen LogP contribution in [0.1, 0.15) is 1.43 Å². The minimum atomic E-state index is -4.21. The Hall–Kier alpha value is -0.660. The molecule has 1 aromatic rings. The third-order valence-corrected chi connectivity index (χ3v) is 2.37. The predicted octanol–water partition coefficient (Wildman–Crippen LogP) is -1.86. The van der Waals surface area contributed by atoms with E-state index in [1.54, 1.807) is 0 Å². The fraction of sp³-hybridized carbons (Fsp3) is 0. The fourth-order valence-corrected chi connectivity index (χ4v) is 1.32. The van der Waals surface area contributed by atoms with Crippen LogP contribution in [0.2, 0.25) is 0 Å². The van der Waals surface area contributed by atoms with Crippen molar-refractivity contribution in [1.29, 1.82) is 0 Å². The van der Waals surface area contributed by atoms with Crippen molar-refractivity contribution in [3.63, 3.8) is 0 Å². The second-order valence-electron chi connectivity index (χ2n) is 2.57. The molecule has 5 nitrogen and oxygen atoms in total. The van der Waals surface area contributed by atoms with Crippen LogP contribution in [0.25, 0.3) is 0 Å². The first-order valence-electron chi connectivity index (χ1n) is 3.85. The van der Waals surface area contributed by atoms with E-state index >= 15 is 0 Å². The molecule has 0 aliphatic rings. The molecule has 0 aromatic heterocycles. The van der Waals surface area contributed by atoms with Crippen molar-refractivity contribution in [2.24, 2.45) is 0 Å². The normalized spacial score (nSPS) is 10.1. The van der Waals surface area contributed by atoms with E-state index < -0.39 is 16.1 Å². The fourth-order valence-electron chi connectivity index (χ4n) is 0.837. The number of hydrogen-bond donors (Lipinski definition) is 1. The van der Waals surface area contributed by atoms with E-state index in [9.17, 15) is 13.2 Å². The summed E-state index contributed by atoms with van der Waals surface area (Å²) in [6.45, 7) is 3.20. The van der Waals surface area contributed by atoms with Crippen molar-refractivity contribution in [2.75, 3.05) is 0 Å². The summed E-state index contributed by atoms with van der Waals surface area (Å²) in [5.74, 6) is -0.470. The number of benzene rings is 1. The number of carbonyl (C=O) groups excluding carboxylic acids is 1. The molecule has 0 radical (unpaired) electrons. The Morgan fingerprint density at radius 3 is 2.25 bits per heavy atom. The van der Waals surface area contributed by atoms with Gasteiger partial charge in [0.1, 0.15) is 5.75 Å². The van der Waals surface area contributed by atoms with Crippen LogP contribution in [-0.2, 0) is 14.9 Å². The molecule has 0 unspecified atom stereocenters. The maximum atomic E-state index is 10.8. The zero-order chi connectivity index (χ0) is 11.5. The summed E-state index contributed by atoms with van der Waals surface area (Å²) in [6.07, 6.45) is 0.983. The van der Waals surface area contributed by atoms with E-state index in [1.165, 1.54) is 12.1 Å². The summed E-state index contributed by atoms with van der Waals surface area (Å²) in [4.78, 5) is 10.5. The first-order valence-corrected chi connectivity index (χ1v) is 5.29. The smallest absolute Gasteiger partial charge is 1.00 e. The second kappa shape index (κ2) is 6.17. The molecule has 82 valence electrons. The average molecular weight is 252 g/mol. The minimum Gasteiger partial charge on any atom is -1.00 e. The SMILES string of the molecule is C=CC(=O)Oc1ccc(S(=O)(=O)O)cc1.[H-].[Na+]. The molecule has 0 saturated carbocycles. The summed E-state index contributed by atoms with van der Waals surface area (Å²) in [7, 11) is -4.21.